The predicted octanol–water partition coefficient (Wildman–Crippen LogP) is 3.12. The van der Waals surface area contributed by atoms with E-state index in [1.54, 1.807) is 0 Å². The van der Waals surface area contributed by atoms with Crippen molar-refractivity contribution in [1.29, 1.82) is 0 Å². The molecule has 1 heterocycles. The monoisotopic (exact) mass is 242 g/mol. The van der Waals surface area contributed by atoms with Crippen molar-refractivity contribution in [2.24, 2.45) is 5.73 Å². The molecule has 4 heteroatoms. The lowest BCUT2D eigenvalue weighted by atomic mass is 10.2. The normalized spacial score (nSPS) is 15.9. The summed E-state index contributed by atoms with van der Waals surface area (Å²) < 4.78 is 0. The van der Waals surface area contributed by atoms with Crippen molar-refractivity contribution in [2.45, 2.75) is 44.4 Å². The van der Waals surface area contributed by atoms with E-state index in [0.29, 0.717) is 6.54 Å². The lowest BCUT2D eigenvalue weighted by molar-refractivity contribution is 0.968. The summed E-state index contributed by atoms with van der Waals surface area (Å²) in [7, 11) is 0. The van der Waals surface area contributed by atoms with E-state index in [4.69, 9.17) is 10.7 Å². The minimum atomic E-state index is 0.669. The van der Waals surface area contributed by atoms with Crippen LogP contribution in [0.1, 0.15) is 47.7 Å². The Morgan fingerprint density at radius 3 is 2.93 bits per heavy atom. The fourth-order valence-corrected chi connectivity index (χ4v) is 3.59. The first kappa shape index (κ1) is 11.4. The quantitative estimate of drug-likeness (QED) is 0.779. The summed E-state index contributed by atoms with van der Waals surface area (Å²) in [5.41, 5.74) is 7.06. The number of thiazole rings is 1. The van der Waals surface area contributed by atoms with Crippen LogP contribution in [-0.2, 0) is 12.3 Å². The molecule has 2 N–H and O–H groups in total. The highest BCUT2D eigenvalue weighted by molar-refractivity contribution is 7.98. The molecule has 0 unspecified atom stereocenters. The molecule has 2 nitrogen and oxygen atoms in total. The van der Waals surface area contributed by atoms with Gasteiger partial charge in [-0.25, -0.2) is 4.98 Å². The first-order valence-corrected chi connectivity index (χ1v) is 7.58. The Kier molecular flexibility index (Phi) is 4.05. The summed E-state index contributed by atoms with van der Waals surface area (Å²) in [5, 5.41) is 1.27. The van der Waals surface area contributed by atoms with E-state index in [1.165, 1.54) is 40.6 Å². The zero-order valence-electron chi connectivity index (χ0n) is 9.16. The van der Waals surface area contributed by atoms with Crippen molar-refractivity contribution in [3.8, 4) is 0 Å². The SMILES string of the molecule is CCCSCc1nc(C2CC2)c(CN)s1. The molecule has 1 saturated carbocycles. The van der Waals surface area contributed by atoms with Gasteiger partial charge in [0.05, 0.1) is 5.69 Å². The van der Waals surface area contributed by atoms with Crippen LogP contribution >= 0.6 is 23.1 Å². The summed E-state index contributed by atoms with van der Waals surface area (Å²) in [4.78, 5) is 6.06. The molecule has 0 aromatic carbocycles. The molecule has 0 aliphatic heterocycles. The summed E-state index contributed by atoms with van der Waals surface area (Å²) in [6.07, 6.45) is 3.88. The fourth-order valence-electron chi connectivity index (χ4n) is 1.60. The Morgan fingerprint density at radius 2 is 2.33 bits per heavy atom. The number of aromatic nitrogens is 1. The van der Waals surface area contributed by atoms with Crippen molar-refractivity contribution in [2.75, 3.05) is 5.75 Å². The molecule has 15 heavy (non-hydrogen) atoms. The van der Waals surface area contributed by atoms with Gasteiger partial charge < -0.3 is 5.73 Å². The average Bonchev–Trinajstić information content (AvgIpc) is 3.01. The van der Waals surface area contributed by atoms with Crippen molar-refractivity contribution in [3.63, 3.8) is 0 Å². The van der Waals surface area contributed by atoms with E-state index < -0.39 is 0 Å². The van der Waals surface area contributed by atoms with Crippen molar-refractivity contribution in [1.82, 2.24) is 4.98 Å². The molecular formula is C11H18N2S2. The van der Waals surface area contributed by atoms with Gasteiger partial charge in [0.1, 0.15) is 5.01 Å². The molecule has 0 amide bonds. The Morgan fingerprint density at radius 1 is 1.53 bits per heavy atom. The molecule has 1 aliphatic rings. The van der Waals surface area contributed by atoms with Crippen LogP contribution in [0.5, 0.6) is 0 Å². The van der Waals surface area contributed by atoms with Crippen LogP contribution in [0.2, 0.25) is 0 Å². The molecule has 1 aliphatic carbocycles. The number of nitrogens with zero attached hydrogens (tertiary/aromatic N) is 1. The van der Waals surface area contributed by atoms with Gasteiger partial charge in [0, 0.05) is 23.1 Å². The minimum Gasteiger partial charge on any atom is -0.326 e. The van der Waals surface area contributed by atoms with Gasteiger partial charge in [-0.05, 0) is 25.0 Å². The number of hydrogen-bond acceptors (Lipinski definition) is 4. The molecule has 1 aromatic heterocycles. The van der Waals surface area contributed by atoms with Crippen molar-refractivity contribution in [3.05, 3.63) is 15.6 Å². The average molecular weight is 242 g/mol. The van der Waals surface area contributed by atoms with E-state index in [2.05, 4.69) is 6.92 Å². The van der Waals surface area contributed by atoms with Gasteiger partial charge in [0.25, 0.3) is 0 Å². The van der Waals surface area contributed by atoms with Crippen molar-refractivity contribution < 1.29 is 0 Å². The Labute approximate surface area is 99.7 Å². The standard InChI is InChI=1S/C11H18N2S2/c1-2-5-14-7-10-13-11(8-3-4-8)9(6-12)15-10/h8H,2-7,12H2,1H3. The number of thioether (sulfide) groups is 1. The summed E-state index contributed by atoms with van der Waals surface area (Å²) >= 11 is 3.80. The van der Waals surface area contributed by atoms with Crippen LogP contribution in [0.25, 0.3) is 0 Å². The maximum atomic E-state index is 5.75. The third-order valence-electron chi connectivity index (χ3n) is 2.50. The van der Waals surface area contributed by atoms with Crippen LogP contribution in [0.15, 0.2) is 0 Å². The Balaban J connectivity index is 1.98. The first-order valence-electron chi connectivity index (χ1n) is 5.61. The number of rotatable bonds is 6. The molecule has 1 aromatic rings. The van der Waals surface area contributed by atoms with E-state index in [-0.39, 0.29) is 0 Å². The molecule has 84 valence electrons. The third-order valence-corrected chi connectivity index (χ3v) is 4.95. The maximum absolute atomic E-state index is 5.75. The topological polar surface area (TPSA) is 38.9 Å². The second-order valence-corrected chi connectivity index (χ2v) is 6.22. The highest BCUT2D eigenvalue weighted by Crippen LogP contribution is 2.42. The largest absolute Gasteiger partial charge is 0.326 e. The fraction of sp³-hybridized carbons (Fsp3) is 0.727. The van der Waals surface area contributed by atoms with Gasteiger partial charge in [-0.15, -0.1) is 11.3 Å². The van der Waals surface area contributed by atoms with Gasteiger partial charge >= 0.3 is 0 Å². The zero-order valence-corrected chi connectivity index (χ0v) is 10.8. The molecule has 0 radical (unpaired) electrons. The third kappa shape index (κ3) is 2.95. The molecular weight excluding hydrogens is 224 g/mol. The van der Waals surface area contributed by atoms with Gasteiger partial charge in [0.15, 0.2) is 0 Å². The molecule has 0 bridgehead atoms. The highest BCUT2D eigenvalue weighted by atomic mass is 32.2. The molecule has 0 spiro atoms. The second kappa shape index (κ2) is 5.32. The van der Waals surface area contributed by atoms with Gasteiger partial charge in [-0.3, -0.25) is 0 Å². The zero-order chi connectivity index (χ0) is 10.7. The summed E-state index contributed by atoms with van der Waals surface area (Å²) in [6.45, 7) is 2.89. The van der Waals surface area contributed by atoms with Gasteiger partial charge in [-0.2, -0.15) is 11.8 Å². The molecule has 0 atom stereocenters. The Bertz CT molecular complexity index is 318. The lowest BCUT2D eigenvalue weighted by Gasteiger charge is -1.94. The van der Waals surface area contributed by atoms with Gasteiger partial charge in [-0.1, -0.05) is 6.92 Å². The minimum absolute atomic E-state index is 0.669. The smallest absolute Gasteiger partial charge is 0.103 e. The van der Waals surface area contributed by atoms with E-state index in [0.717, 1.165) is 11.7 Å². The van der Waals surface area contributed by atoms with Gasteiger partial charge in [0.2, 0.25) is 0 Å². The van der Waals surface area contributed by atoms with Crippen LogP contribution in [0.4, 0.5) is 0 Å². The van der Waals surface area contributed by atoms with E-state index in [1.807, 2.05) is 23.1 Å². The lowest BCUT2D eigenvalue weighted by Crippen LogP contribution is -1.96. The molecule has 1 fully saturated rings. The van der Waals surface area contributed by atoms with Crippen LogP contribution in [0.3, 0.4) is 0 Å². The van der Waals surface area contributed by atoms with E-state index >= 15 is 0 Å². The number of hydrogen-bond donors (Lipinski definition) is 1. The van der Waals surface area contributed by atoms with Crippen LogP contribution in [-0.4, -0.2) is 10.7 Å². The molecule has 0 saturated heterocycles. The summed E-state index contributed by atoms with van der Waals surface area (Å²) in [5.74, 6) is 3.04. The summed E-state index contributed by atoms with van der Waals surface area (Å²) in [6, 6.07) is 0. The second-order valence-electron chi connectivity index (χ2n) is 3.95. The maximum Gasteiger partial charge on any atom is 0.103 e. The van der Waals surface area contributed by atoms with Crippen molar-refractivity contribution >= 4 is 23.1 Å². The predicted molar refractivity (Wildman–Crippen MR) is 68.4 cm³/mol. The Hall–Kier alpha value is -0.0600. The number of nitrogens with two attached hydrogens (primary N) is 1. The highest BCUT2D eigenvalue weighted by Gasteiger charge is 2.28. The van der Waals surface area contributed by atoms with Crippen LogP contribution < -0.4 is 5.73 Å². The van der Waals surface area contributed by atoms with E-state index in [9.17, 15) is 0 Å². The first-order chi connectivity index (χ1) is 7.35. The molecule has 2 rings (SSSR count). The van der Waals surface area contributed by atoms with Crippen LogP contribution in [0, 0.1) is 0 Å².